The molecule has 2 heterocycles. The number of β-amino-alcohol motifs (C(OH)–C–C–N with tert-alkyl or cyclic N) is 1. The lowest BCUT2D eigenvalue weighted by Gasteiger charge is -2.35. The minimum Gasteiger partial charge on any atom is -0.391 e. The van der Waals surface area contributed by atoms with Crippen molar-refractivity contribution >= 4 is 29.1 Å². The molecule has 43 heavy (non-hydrogen) atoms. The highest BCUT2D eigenvalue weighted by Gasteiger charge is 2.44. The Labute approximate surface area is 261 Å². The maximum atomic E-state index is 13.8. The van der Waals surface area contributed by atoms with Crippen LogP contribution in [0.25, 0.3) is 10.4 Å². The molecule has 3 N–H and O–H groups in total. The van der Waals surface area contributed by atoms with Gasteiger partial charge in [0.15, 0.2) is 0 Å². The quantitative estimate of drug-likeness (QED) is 0.193. The standard InChI is InChI=1S/C34H48N4O4S/c1-7-8-9-10-11-12-13-14-15-29(40)37-31(34(4,5)6)33(42)38-21-27(39)20-28(38)32(41)36-23(2)25-16-18-26(19-17-25)30-24(3)35-22-43-30/h1,16-19,22-23,27-28,31,39H,8-15,20-21H2,2-6H3,(H,36,41)(H,37,40)/t23?,27-,28+,31?/m1/s1. The predicted octanol–water partition coefficient (Wildman–Crippen LogP) is 5.54. The van der Waals surface area contributed by atoms with Crippen molar-refractivity contribution in [3.8, 4) is 22.8 Å². The van der Waals surface area contributed by atoms with Gasteiger partial charge in [-0.25, -0.2) is 4.98 Å². The van der Waals surface area contributed by atoms with Gasteiger partial charge >= 0.3 is 0 Å². The molecule has 0 saturated carbocycles. The number of rotatable bonds is 14. The van der Waals surface area contributed by atoms with E-state index in [0.717, 1.165) is 66.6 Å². The summed E-state index contributed by atoms with van der Waals surface area (Å²) >= 11 is 1.59. The molecule has 0 spiro atoms. The number of amides is 3. The molecule has 3 rings (SSSR count). The summed E-state index contributed by atoms with van der Waals surface area (Å²) in [7, 11) is 0. The number of likely N-dealkylation sites (tertiary alicyclic amines) is 1. The highest BCUT2D eigenvalue weighted by molar-refractivity contribution is 7.13. The number of thiazole rings is 1. The van der Waals surface area contributed by atoms with Crippen LogP contribution in [0, 0.1) is 24.7 Å². The second kappa shape index (κ2) is 16.0. The number of aliphatic hydroxyl groups excluding tert-OH is 1. The van der Waals surface area contributed by atoms with Gasteiger partial charge in [-0.15, -0.1) is 23.7 Å². The summed E-state index contributed by atoms with van der Waals surface area (Å²) in [4.78, 5) is 47.0. The fourth-order valence-corrected chi connectivity index (χ4v) is 6.28. The van der Waals surface area contributed by atoms with Crippen LogP contribution < -0.4 is 10.6 Å². The van der Waals surface area contributed by atoms with Gasteiger partial charge in [-0.05, 0) is 43.2 Å². The van der Waals surface area contributed by atoms with Crippen molar-refractivity contribution in [1.29, 1.82) is 0 Å². The third kappa shape index (κ3) is 9.90. The Balaban J connectivity index is 1.59. The van der Waals surface area contributed by atoms with E-state index in [2.05, 4.69) is 21.5 Å². The third-order valence-electron chi connectivity index (χ3n) is 8.04. The van der Waals surface area contributed by atoms with Gasteiger partial charge in [0.1, 0.15) is 12.1 Å². The van der Waals surface area contributed by atoms with Gasteiger partial charge in [0.25, 0.3) is 0 Å². The number of nitrogens with one attached hydrogen (secondary N) is 2. The van der Waals surface area contributed by atoms with E-state index < -0.39 is 23.6 Å². The first-order chi connectivity index (χ1) is 20.4. The smallest absolute Gasteiger partial charge is 0.246 e. The average molecular weight is 609 g/mol. The molecule has 9 heteroatoms. The van der Waals surface area contributed by atoms with Crippen molar-refractivity contribution in [3.63, 3.8) is 0 Å². The molecule has 0 radical (unpaired) electrons. The van der Waals surface area contributed by atoms with E-state index in [1.165, 1.54) is 4.90 Å². The molecule has 1 aliphatic rings. The Bertz CT molecular complexity index is 1260. The van der Waals surface area contributed by atoms with E-state index in [0.29, 0.717) is 6.42 Å². The molecule has 1 saturated heterocycles. The first-order valence-electron chi connectivity index (χ1n) is 15.4. The van der Waals surface area contributed by atoms with Crippen molar-refractivity contribution in [3.05, 3.63) is 41.0 Å². The van der Waals surface area contributed by atoms with Crippen molar-refractivity contribution in [2.45, 2.75) is 117 Å². The second-order valence-corrected chi connectivity index (χ2v) is 13.6. The van der Waals surface area contributed by atoms with E-state index in [1.54, 1.807) is 11.3 Å². The van der Waals surface area contributed by atoms with Crippen LogP contribution >= 0.6 is 11.3 Å². The first-order valence-corrected chi connectivity index (χ1v) is 16.3. The van der Waals surface area contributed by atoms with Crippen LogP contribution in [0.3, 0.4) is 0 Å². The number of hydrogen-bond acceptors (Lipinski definition) is 6. The third-order valence-corrected chi connectivity index (χ3v) is 9.01. The van der Waals surface area contributed by atoms with E-state index in [1.807, 2.05) is 64.4 Å². The van der Waals surface area contributed by atoms with Gasteiger partial charge in [0.05, 0.1) is 28.2 Å². The van der Waals surface area contributed by atoms with Crippen LogP contribution in [0.5, 0.6) is 0 Å². The van der Waals surface area contributed by atoms with E-state index in [4.69, 9.17) is 6.42 Å². The molecule has 3 amide bonds. The van der Waals surface area contributed by atoms with Crippen molar-refractivity contribution in [2.75, 3.05) is 6.54 Å². The number of unbranched alkanes of at least 4 members (excludes halogenated alkanes) is 6. The molecule has 4 atom stereocenters. The second-order valence-electron chi connectivity index (χ2n) is 12.7. The summed E-state index contributed by atoms with van der Waals surface area (Å²) in [6.07, 6.45) is 11.8. The monoisotopic (exact) mass is 608 g/mol. The normalized spacial score (nSPS) is 18.1. The fourth-order valence-electron chi connectivity index (χ4n) is 5.47. The Morgan fingerprint density at radius 1 is 1.09 bits per heavy atom. The Kier molecular flexibility index (Phi) is 12.8. The lowest BCUT2D eigenvalue weighted by molar-refractivity contribution is -0.144. The number of terminal acetylenes is 1. The zero-order valence-electron chi connectivity index (χ0n) is 26.3. The highest BCUT2D eigenvalue weighted by Crippen LogP contribution is 2.29. The predicted molar refractivity (Wildman–Crippen MR) is 172 cm³/mol. The zero-order valence-corrected chi connectivity index (χ0v) is 27.1. The highest BCUT2D eigenvalue weighted by atomic mass is 32.1. The number of aliphatic hydroxyl groups is 1. The van der Waals surface area contributed by atoms with Crippen molar-refractivity contribution < 1.29 is 19.5 Å². The van der Waals surface area contributed by atoms with Crippen LogP contribution in [-0.4, -0.2) is 57.4 Å². The molecule has 2 aromatic rings. The van der Waals surface area contributed by atoms with E-state index in [-0.39, 0.29) is 36.7 Å². The summed E-state index contributed by atoms with van der Waals surface area (Å²) in [5.74, 6) is 1.82. The van der Waals surface area contributed by atoms with Crippen LogP contribution in [-0.2, 0) is 14.4 Å². The number of aryl methyl sites for hydroxylation is 1. The lowest BCUT2D eigenvalue weighted by atomic mass is 9.85. The zero-order chi connectivity index (χ0) is 31.6. The number of carbonyl (C=O) groups excluding carboxylic acids is 3. The molecule has 0 bridgehead atoms. The van der Waals surface area contributed by atoms with Crippen LogP contribution in [0.1, 0.15) is 103 Å². The summed E-state index contributed by atoms with van der Waals surface area (Å²) < 4.78 is 0. The number of carbonyl (C=O) groups is 3. The van der Waals surface area contributed by atoms with Gasteiger partial charge in [-0.2, -0.15) is 0 Å². The maximum Gasteiger partial charge on any atom is 0.246 e. The molecule has 1 fully saturated rings. The molecular weight excluding hydrogens is 560 g/mol. The summed E-state index contributed by atoms with van der Waals surface area (Å²) in [6, 6.07) is 6.07. The Hall–Kier alpha value is -3.22. The van der Waals surface area contributed by atoms with Crippen LogP contribution in [0.2, 0.25) is 0 Å². The molecule has 1 aromatic carbocycles. The number of benzene rings is 1. The van der Waals surface area contributed by atoms with Gasteiger partial charge < -0.3 is 20.6 Å². The van der Waals surface area contributed by atoms with Crippen molar-refractivity contribution in [2.24, 2.45) is 5.41 Å². The Morgan fingerprint density at radius 3 is 2.35 bits per heavy atom. The number of hydrogen-bond donors (Lipinski definition) is 3. The average Bonchev–Trinajstić information content (AvgIpc) is 3.57. The SMILES string of the molecule is C#CCCCCCCCCC(=O)NC(C(=O)N1C[C@H](O)C[C@H]1C(=O)NC(C)c1ccc(-c2scnc2C)cc1)C(C)(C)C. The molecule has 2 unspecified atom stereocenters. The van der Waals surface area contributed by atoms with Crippen molar-refractivity contribution in [1.82, 2.24) is 20.5 Å². The minimum atomic E-state index is -0.819. The van der Waals surface area contributed by atoms with Crippen LogP contribution in [0.15, 0.2) is 29.8 Å². The topological polar surface area (TPSA) is 112 Å². The summed E-state index contributed by atoms with van der Waals surface area (Å²) in [6.45, 7) is 9.62. The van der Waals surface area contributed by atoms with E-state index >= 15 is 0 Å². The molecule has 0 aliphatic carbocycles. The summed E-state index contributed by atoms with van der Waals surface area (Å²) in [5.41, 5.74) is 4.24. The number of nitrogens with zero attached hydrogens (tertiary/aromatic N) is 2. The molecule has 8 nitrogen and oxygen atoms in total. The Morgan fingerprint density at radius 2 is 1.74 bits per heavy atom. The molecular formula is C34H48N4O4S. The van der Waals surface area contributed by atoms with E-state index in [9.17, 15) is 19.5 Å². The van der Waals surface area contributed by atoms with Gasteiger partial charge in [0.2, 0.25) is 17.7 Å². The lowest BCUT2D eigenvalue weighted by Crippen LogP contribution is -2.57. The fraction of sp³-hybridized carbons (Fsp3) is 0.588. The van der Waals surface area contributed by atoms with Gasteiger partial charge in [-0.3, -0.25) is 14.4 Å². The maximum absolute atomic E-state index is 13.8. The molecule has 1 aromatic heterocycles. The minimum absolute atomic E-state index is 0.0519. The molecule has 1 aliphatic heterocycles. The number of aromatic nitrogens is 1. The summed E-state index contributed by atoms with van der Waals surface area (Å²) in [5, 5.41) is 16.5. The first kappa shape index (κ1) is 34.3. The van der Waals surface area contributed by atoms with Gasteiger partial charge in [0, 0.05) is 25.8 Å². The van der Waals surface area contributed by atoms with Gasteiger partial charge in [-0.1, -0.05) is 70.7 Å². The molecule has 234 valence electrons. The largest absolute Gasteiger partial charge is 0.391 e. The van der Waals surface area contributed by atoms with Crippen LogP contribution in [0.4, 0.5) is 0 Å².